The third-order valence-corrected chi connectivity index (χ3v) is 6.88. The van der Waals surface area contributed by atoms with Gasteiger partial charge in [0.15, 0.2) is 0 Å². The number of H-pyrrole nitrogens is 1. The second-order valence-corrected chi connectivity index (χ2v) is 9.19. The molecular formula is C23H32N4O2. The first kappa shape index (κ1) is 20.0. The number of para-hydroxylation sites is 1. The van der Waals surface area contributed by atoms with E-state index in [9.17, 15) is 9.59 Å². The molecule has 2 fully saturated rings. The highest BCUT2D eigenvalue weighted by molar-refractivity contribution is 5.90. The minimum atomic E-state index is -0.565. The van der Waals surface area contributed by atoms with Crippen molar-refractivity contribution in [3.8, 4) is 0 Å². The van der Waals surface area contributed by atoms with Crippen molar-refractivity contribution in [1.82, 2.24) is 20.5 Å². The first-order chi connectivity index (χ1) is 13.9. The molecule has 6 heteroatoms. The van der Waals surface area contributed by atoms with Crippen molar-refractivity contribution in [2.24, 2.45) is 11.8 Å². The smallest absolute Gasteiger partial charge is 0.242 e. The van der Waals surface area contributed by atoms with E-state index in [-0.39, 0.29) is 17.7 Å². The summed E-state index contributed by atoms with van der Waals surface area (Å²) in [5.41, 5.74) is 2.50. The van der Waals surface area contributed by atoms with Crippen LogP contribution in [0.15, 0.2) is 30.5 Å². The van der Waals surface area contributed by atoms with Gasteiger partial charge in [0.1, 0.15) is 6.04 Å². The van der Waals surface area contributed by atoms with Crippen LogP contribution in [0, 0.1) is 11.8 Å². The lowest BCUT2D eigenvalue weighted by atomic mass is 9.62. The summed E-state index contributed by atoms with van der Waals surface area (Å²) >= 11 is 0. The first-order valence-corrected chi connectivity index (χ1v) is 10.7. The van der Waals surface area contributed by atoms with Gasteiger partial charge in [0.25, 0.3) is 0 Å². The van der Waals surface area contributed by atoms with Gasteiger partial charge in [0.2, 0.25) is 11.8 Å². The number of nitrogens with one attached hydrogen (secondary N) is 3. The van der Waals surface area contributed by atoms with E-state index >= 15 is 0 Å². The van der Waals surface area contributed by atoms with Gasteiger partial charge in [-0.1, -0.05) is 32.0 Å². The van der Waals surface area contributed by atoms with Crippen molar-refractivity contribution < 1.29 is 9.59 Å². The Bertz CT molecular complexity index is 897. The summed E-state index contributed by atoms with van der Waals surface area (Å²) in [4.78, 5) is 31.0. The summed E-state index contributed by atoms with van der Waals surface area (Å²) in [7, 11) is 2.19. The van der Waals surface area contributed by atoms with Crippen molar-refractivity contribution in [3.05, 3.63) is 36.0 Å². The number of carbonyl (C=O) groups excluding carboxylic acids is 2. The van der Waals surface area contributed by atoms with Gasteiger partial charge in [-0.25, -0.2) is 0 Å². The van der Waals surface area contributed by atoms with Crippen LogP contribution in [-0.4, -0.2) is 53.4 Å². The van der Waals surface area contributed by atoms with E-state index < -0.39 is 6.04 Å². The molecule has 1 unspecified atom stereocenters. The topological polar surface area (TPSA) is 77.2 Å². The summed E-state index contributed by atoms with van der Waals surface area (Å²) in [6.07, 6.45) is 6.02. The lowest BCUT2D eigenvalue weighted by molar-refractivity contribution is -0.131. The Kier molecular flexibility index (Phi) is 5.38. The molecule has 1 atom stereocenters. The lowest BCUT2D eigenvalue weighted by Crippen LogP contribution is -2.66. The highest BCUT2D eigenvalue weighted by Gasteiger charge is 2.51. The zero-order valence-electron chi connectivity index (χ0n) is 17.6. The quantitative estimate of drug-likeness (QED) is 0.673. The Morgan fingerprint density at radius 1 is 1.24 bits per heavy atom. The molecule has 1 aromatic heterocycles. The second-order valence-electron chi connectivity index (χ2n) is 9.19. The van der Waals surface area contributed by atoms with Crippen molar-refractivity contribution in [1.29, 1.82) is 0 Å². The Morgan fingerprint density at radius 3 is 2.66 bits per heavy atom. The summed E-state index contributed by atoms with van der Waals surface area (Å²) < 4.78 is 0. The number of carbonyl (C=O) groups is 2. The molecule has 1 saturated carbocycles. The monoisotopic (exact) mass is 396 g/mol. The van der Waals surface area contributed by atoms with Gasteiger partial charge in [-0.3, -0.25) is 9.59 Å². The number of benzene rings is 1. The van der Waals surface area contributed by atoms with E-state index in [4.69, 9.17) is 0 Å². The Morgan fingerprint density at radius 2 is 2.00 bits per heavy atom. The average molecular weight is 397 g/mol. The summed E-state index contributed by atoms with van der Waals surface area (Å²) in [5, 5.41) is 7.15. The van der Waals surface area contributed by atoms with Crippen LogP contribution in [0.4, 0.5) is 0 Å². The fourth-order valence-corrected chi connectivity index (χ4v) is 4.76. The normalized spacial score (nSPS) is 24.9. The third-order valence-electron chi connectivity index (χ3n) is 6.88. The zero-order chi connectivity index (χ0) is 20.6. The summed E-state index contributed by atoms with van der Waals surface area (Å²) in [6, 6.07) is 7.47. The van der Waals surface area contributed by atoms with Crippen LogP contribution in [0.3, 0.4) is 0 Å². The molecule has 1 aromatic carbocycles. The molecule has 2 aliphatic rings. The maximum Gasteiger partial charge on any atom is 0.242 e. The van der Waals surface area contributed by atoms with E-state index in [1.165, 1.54) is 13.0 Å². The van der Waals surface area contributed by atoms with Crippen molar-refractivity contribution in [3.63, 3.8) is 0 Å². The van der Waals surface area contributed by atoms with Crippen LogP contribution >= 0.6 is 0 Å². The Balaban J connectivity index is 1.39. The van der Waals surface area contributed by atoms with Crippen LogP contribution in [0.2, 0.25) is 0 Å². The largest absolute Gasteiger partial charge is 0.361 e. The molecule has 29 heavy (non-hydrogen) atoms. The average Bonchev–Trinajstić information content (AvgIpc) is 3.07. The van der Waals surface area contributed by atoms with Crippen LogP contribution in [0.25, 0.3) is 10.9 Å². The van der Waals surface area contributed by atoms with Crippen LogP contribution in [0.1, 0.15) is 38.7 Å². The number of fused-ring (bicyclic) bond motifs is 1. The fourth-order valence-electron chi connectivity index (χ4n) is 4.76. The molecule has 1 aliphatic carbocycles. The number of hydrogen-bond donors (Lipinski definition) is 3. The Labute approximate surface area is 172 Å². The summed E-state index contributed by atoms with van der Waals surface area (Å²) in [6.45, 7) is 5.57. The zero-order valence-corrected chi connectivity index (χ0v) is 17.6. The molecule has 156 valence electrons. The number of hydrogen-bond acceptors (Lipinski definition) is 3. The molecular weight excluding hydrogens is 364 g/mol. The third kappa shape index (κ3) is 3.90. The molecule has 2 aromatic rings. The van der Waals surface area contributed by atoms with Crippen molar-refractivity contribution >= 4 is 22.7 Å². The van der Waals surface area contributed by atoms with E-state index in [1.807, 2.05) is 44.3 Å². The van der Waals surface area contributed by atoms with Gasteiger partial charge >= 0.3 is 0 Å². The minimum absolute atomic E-state index is 0.0906. The predicted octanol–water partition coefficient (Wildman–Crippen LogP) is 2.45. The van der Waals surface area contributed by atoms with E-state index in [2.05, 4.69) is 27.6 Å². The van der Waals surface area contributed by atoms with Gasteiger partial charge in [-0.05, 0) is 43.9 Å². The molecule has 0 bridgehead atoms. The van der Waals surface area contributed by atoms with Crippen molar-refractivity contribution in [2.45, 2.75) is 51.1 Å². The number of aromatic nitrogens is 1. The maximum atomic E-state index is 13.0. The SMILES string of the molecule is CC(C)C(=O)NC(Cc1c[nH]c2ccccc12)C(=O)NCC1CC2(CCN2C)C1. The number of likely N-dealkylation sites (tertiary alicyclic amines) is 1. The molecule has 1 aliphatic heterocycles. The van der Waals surface area contributed by atoms with Gasteiger partial charge < -0.3 is 20.5 Å². The number of aromatic amines is 1. The maximum absolute atomic E-state index is 13.0. The van der Waals surface area contributed by atoms with Gasteiger partial charge in [-0.2, -0.15) is 0 Å². The number of amides is 2. The second kappa shape index (κ2) is 7.82. The molecule has 4 rings (SSSR count). The summed E-state index contributed by atoms with van der Waals surface area (Å²) in [5.74, 6) is 0.195. The molecule has 2 heterocycles. The van der Waals surface area contributed by atoms with Gasteiger partial charge in [0.05, 0.1) is 0 Å². The van der Waals surface area contributed by atoms with Crippen LogP contribution < -0.4 is 10.6 Å². The molecule has 3 N–H and O–H groups in total. The standard InChI is InChI=1S/C23H32N4O2/c1-15(2)21(28)26-20(10-17-14-24-19-7-5-4-6-18(17)19)22(29)25-13-16-11-23(12-16)8-9-27(23)3/h4-7,14-16,20,24H,8-13H2,1-3H3,(H,25,29)(H,26,28). The van der Waals surface area contributed by atoms with Gasteiger partial charge in [-0.15, -0.1) is 0 Å². The van der Waals surface area contributed by atoms with Gasteiger partial charge in [0, 0.05) is 48.1 Å². The number of nitrogens with zero attached hydrogens (tertiary/aromatic N) is 1. The van der Waals surface area contributed by atoms with Crippen LogP contribution in [0.5, 0.6) is 0 Å². The molecule has 2 amide bonds. The lowest BCUT2D eigenvalue weighted by Gasteiger charge is -2.60. The highest BCUT2D eigenvalue weighted by atomic mass is 16.2. The first-order valence-electron chi connectivity index (χ1n) is 10.7. The Hall–Kier alpha value is -2.34. The van der Waals surface area contributed by atoms with Crippen LogP contribution in [-0.2, 0) is 16.0 Å². The fraction of sp³-hybridized carbons (Fsp3) is 0.565. The number of rotatable bonds is 7. The van der Waals surface area contributed by atoms with E-state index in [0.717, 1.165) is 29.3 Å². The van der Waals surface area contributed by atoms with Crippen molar-refractivity contribution in [2.75, 3.05) is 20.1 Å². The highest BCUT2D eigenvalue weighted by Crippen LogP contribution is 2.49. The van der Waals surface area contributed by atoms with E-state index in [1.54, 1.807) is 0 Å². The minimum Gasteiger partial charge on any atom is -0.361 e. The predicted molar refractivity (Wildman–Crippen MR) is 114 cm³/mol. The molecule has 0 radical (unpaired) electrons. The molecule has 1 spiro atoms. The molecule has 6 nitrogen and oxygen atoms in total. The van der Waals surface area contributed by atoms with E-state index in [0.29, 0.717) is 24.4 Å². The molecule has 1 saturated heterocycles.